The monoisotopic (exact) mass is 441 g/mol. The number of hydrogen-bond donors (Lipinski definition) is 1. The highest BCUT2D eigenvalue weighted by Crippen LogP contribution is 2.28. The first-order chi connectivity index (χ1) is 13.6. The summed E-state index contributed by atoms with van der Waals surface area (Å²) in [6.45, 7) is 6.18. The molecule has 29 heavy (non-hydrogen) atoms. The van der Waals surface area contributed by atoms with Crippen molar-refractivity contribution in [2.24, 2.45) is 0 Å². The maximum Gasteiger partial charge on any atom is 0.347 e. The molecule has 1 N–H and O–H groups in total. The number of ketones is 1. The van der Waals surface area contributed by atoms with Crippen molar-refractivity contribution in [3.63, 3.8) is 0 Å². The van der Waals surface area contributed by atoms with Crippen LogP contribution in [0.3, 0.4) is 0 Å². The molecule has 156 valence electrons. The van der Waals surface area contributed by atoms with Crippen molar-refractivity contribution in [3.8, 4) is 5.75 Å². The van der Waals surface area contributed by atoms with Gasteiger partial charge in [0.1, 0.15) is 5.75 Å². The van der Waals surface area contributed by atoms with Crippen LogP contribution in [0.5, 0.6) is 5.75 Å². The van der Waals surface area contributed by atoms with Gasteiger partial charge in [-0.2, -0.15) is 0 Å². The smallest absolute Gasteiger partial charge is 0.347 e. The molecule has 7 nitrogen and oxygen atoms in total. The Morgan fingerprint density at radius 2 is 1.72 bits per heavy atom. The molecular formula is C20H21Cl2NO6. The van der Waals surface area contributed by atoms with Crippen LogP contribution in [0.4, 0.5) is 0 Å². The molecule has 1 heterocycles. The van der Waals surface area contributed by atoms with E-state index in [2.05, 4.69) is 4.98 Å². The van der Waals surface area contributed by atoms with E-state index < -0.39 is 29.9 Å². The topological polar surface area (TPSA) is 94.7 Å². The number of halogens is 2. The Kier molecular flexibility index (Phi) is 7.32. The zero-order valence-electron chi connectivity index (χ0n) is 16.6. The zero-order chi connectivity index (χ0) is 21.9. The highest BCUT2D eigenvalue weighted by molar-refractivity contribution is 6.35. The molecule has 2 atom stereocenters. The summed E-state index contributed by atoms with van der Waals surface area (Å²) < 4.78 is 15.5. The van der Waals surface area contributed by atoms with Crippen LogP contribution in [0.25, 0.3) is 0 Å². The SMILES string of the molecule is COC(=O)c1c(C)[nH]c(C(=O)[C@H](C)OC(=O)[C@H](C)Oc2ccc(Cl)cc2Cl)c1C. The summed E-state index contributed by atoms with van der Waals surface area (Å²) in [5, 5.41) is 0.675. The second-order valence-corrected chi connectivity index (χ2v) is 7.24. The number of Topliss-reactive ketones (excluding diaryl/α,β-unsaturated/α-hetero) is 1. The van der Waals surface area contributed by atoms with Gasteiger partial charge in [0.25, 0.3) is 0 Å². The maximum atomic E-state index is 12.7. The van der Waals surface area contributed by atoms with Crippen molar-refractivity contribution >= 4 is 40.9 Å². The summed E-state index contributed by atoms with van der Waals surface area (Å²) >= 11 is 11.9. The fourth-order valence-electron chi connectivity index (χ4n) is 2.74. The van der Waals surface area contributed by atoms with E-state index in [-0.39, 0.29) is 22.0 Å². The number of hydrogen-bond acceptors (Lipinski definition) is 6. The number of aromatic amines is 1. The number of aryl methyl sites for hydroxylation is 1. The lowest BCUT2D eigenvalue weighted by Crippen LogP contribution is -2.33. The van der Waals surface area contributed by atoms with Crippen LogP contribution in [0.2, 0.25) is 10.0 Å². The second kappa shape index (κ2) is 9.33. The predicted octanol–water partition coefficient (Wildman–Crippen LogP) is 4.31. The third-order valence-electron chi connectivity index (χ3n) is 4.27. The minimum Gasteiger partial charge on any atom is -0.477 e. The van der Waals surface area contributed by atoms with Crippen molar-refractivity contribution in [2.75, 3.05) is 7.11 Å². The van der Waals surface area contributed by atoms with Crippen LogP contribution in [-0.2, 0) is 14.3 Å². The Morgan fingerprint density at radius 3 is 2.31 bits per heavy atom. The first-order valence-electron chi connectivity index (χ1n) is 8.70. The molecule has 0 bridgehead atoms. The van der Waals surface area contributed by atoms with Crippen LogP contribution >= 0.6 is 23.2 Å². The van der Waals surface area contributed by atoms with Gasteiger partial charge in [-0.05, 0) is 51.5 Å². The standard InChI is InChI=1S/C20H21Cl2NO6/c1-9-16(20(26)27-5)10(2)23-17(9)18(24)11(3)29-19(25)12(4)28-15-7-6-13(21)8-14(15)22/h6-8,11-12,23H,1-5H3/t11-,12-/m0/s1. The molecule has 1 aromatic carbocycles. The number of carbonyl (C=O) groups is 3. The quantitative estimate of drug-likeness (QED) is 0.508. The van der Waals surface area contributed by atoms with Crippen molar-refractivity contribution < 1.29 is 28.6 Å². The lowest BCUT2D eigenvalue weighted by atomic mass is 10.1. The second-order valence-electron chi connectivity index (χ2n) is 6.39. The summed E-state index contributed by atoms with van der Waals surface area (Å²) in [6, 6.07) is 4.59. The number of benzene rings is 1. The number of nitrogens with one attached hydrogen (secondary N) is 1. The lowest BCUT2D eigenvalue weighted by Gasteiger charge is -2.18. The number of esters is 2. The Bertz CT molecular complexity index is 953. The van der Waals surface area contributed by atoms with E-state index in [1.807, 2.05) is 0 Å². The molecule has 0 aliphatic heterocycles. The highest BCUT2D eigenvalue weighted by atomic mass is 35.5. The van der Waals surface area contributed by atoms with Crippen LogP contribution < -0.4 is 4.74 Å². The molecule has 1 aromatic heterocycles. The van der Waals surface area contributed by atoms with Crippen molar-refractivity contribution in [2.45, 2.75) is 39.9 Å². The first-order valence-corrected chi connectivity index (χ1v) is 9.46. The molecule has 0 amide bonds. The van der Waals surface area contributed by atoms with E-state index in [1.54, 1.807) is 19.9 Å². The maximum absolute atomic E-state index is 12.7. The van der Waals surface area contributed by atoms with Gasteiger partial charge < -0.3 is 19.2 Å². The number of rotatable bonds is 7. The third kappa shape index (κ3) is 5.10. The summed E-state index contributed by atoms with van der Waals surface area (Å²) in [7, 11) is 1.26. The van der Waals surface area contributed by atoms with Gasteiger partial charge in [0.15, 0.2) is 12.2 Å². The van der Waals surface area contributed by atoms with Gasteiger partial charge in [-0.25, -0.2) is 9.59 Å². The minimum atomic E-state index is -1.10. The molecule has 0 aliphatic rings. The Hall–Kier alpha value is -2.51. The average Bonchev–Trinajstić information content (AvgIpc) is 2.96. The molecular weight excluding hydrogens is 421 g/mol. The predicted molar refractivity (Wildman–Crippen MR) is 108 cm³/mol. The number of H-pyrrole nitrogens is 1. The molecule has 0 unspecified atom stereocenters. The Labute approximate surface area is 178 Å². The van der Waals surface area contributed by atoms with Gasteiger partial charge in [0.2, 0.25) is 5.78 Å². The summed E-state index contributed by atoms with van der Waals surface area (Å²) in [6.07, 6.45) is -2.11. The molecule has 0 saturated heterocycles. The number of ether oxygens (including phenoxy) is 3. The summed E-state index contributed by atoms with van der Waals surface area (Å²) in [5.41, 5.74) is 1.38. The molecule has 2 aromatic rings. The zero-order valence-corrected chi connectivity index (χ0v) is 18.1. The fraction of sp³-hybridized carbons (Fsp3) is 0.350. The molecule has 9 heteroatoms. The molecule has 0 radical (unpaired) electrons. The van der Waals surface area contributed by atoms with Gasteiger partial charge in [0, 0.05) is 10.7 Å². The third-order valence-corrected chi connectivity index (χ3v) is 4.80. The van der Waals surface area contributed by atoms with Crippen LogP contribution in [-0.4, -0.2) is 42.0 Å². The van der Waals surface area contributed by atoms with Gasteiger partial charge >= 0.3 is 11.9 Å². The van der Waals surface area contributed by atoms with Gasteiger partial charge in [-0.1, -0.05) is 23.2 Å². The molecule has 0 fully saturated rings. The summed E-state index contributed by atoms with van der Waals surface area (Å²) in [4.78, 5) is 39.8. The highest BCUT2D eigenvalue weighted by Gasteiger charge is 2.29. The Balaban J connectivity index is 2.09. The average molecular weight is 442 g/mol. The molecule has 0 spiro atoms. The molecule has 2 rings (SSSR count). The summed E-state index contributed by atoms with van der Waals surface area (Å²) in [5.74, 6) is -1.52. The Morgan fingerprint density at radius 1 is 1.07 bits per heavy atom. The fourth-order valence-corrected chi connectivity index (χ4v) is 3.19. The van der Waals surface area contributed by atoms with E-state index in [0.29, 0.717) is 16.3 Å². The minimum absolute atomic E-state index is 0.178. The van der Waals surface area contributed by atoms with Gasteiger partial charge in [0.05, 0.1) is 23.4 Å². The van der Waals surface area contributed by atoms with Crippen molar-refractivity contribution in [1.82, 2.24) is 4.98 Å². The first kappa shape index (κ1) is 22.8. The molecule has 0 aliphatic carbocycles. The van der Waals surface area contributed by atoms with Crippen LogP contribution in [0.1, 0.15) is 46.0 Å². The van der Waals surface area contributed by atoms with E-state index in [4.69, 9.17) is 37.4 Å². The number of methoxy groups -OCH3 is 1. The largest absolute Gasteiger partial charge is 0.477 e. The van der Waals surface area contributed by atoms with E-state index in [0.717, 1.165) is 0 Å². The number of carbonyl (C=O) groups excluding carboxylic acids is 3. The molecule has 0 saturated carbocycles. The van der Waals surface area contributed by atoms with Gasteiger partial charge in [-0.3, -0.25) is 4.79 Å². The van der Waals surface area contributed by atoms with E-state index in [1.165, 1.54) is 33.1 Å². The van der Waals surface area contributed by atoms with Crippen molar-refractivity contribution in [3.05, 3.63) is 50.8 Å². The van der Waals surface area contributed by atoms with Crippen LogP contribution in [0, 0.1) is 13.8 Å². The lowest BCUT2D eigenvalue weighted by molar-refractivity contribution is -0.153. The number of aromatic nitrogens is 1. The van der Waals surface area contributed by atoms with E-state index in [9.17, 15) is 14.4 Å². The van der Waals surface area contributed by atoms with Gasteiger partial charge in [-0.15, -0.1) is 0 Å². The normalized spacial score (nSPS) is 12.8. The van der Waals surface area contributed by atoms with E-state index >= 15 is 0 Å². The van der Waals surface area contributed by atoms with Crippen molar-refractivity contribution in [1.29, 1.82) is 0 Å². The van der Waals surface area contributed by atoms with Crippen LogP contribution in [0.15, 0.2) is 18.2 Å².